The monoisotopic (exact) mass is 243 g/mol. The average molecular weight is 244 g/mol. The summed E-state index contributed by atoms with van der Waals surface area (Å²) < 4.78 is 0. The van der Waals surface area contributed by atoms with E-state index in [0.29, 0.717) is 11.6 Å². The van der Waals surface area contributed by atoms with Gasteiger partial charge in [-0.2, -0.15) is 0 Å². The van der Waals surface area contributed by atoms with E-state index in [-0.39, 0.29) is 13.0 Å². The van der Waals surface area contributed by atoms with Crippen LogP contribution in [0.3, 0.4) is 0 Å². The normalized spacial score (nSPS) is 12.4. The van der Waals surface area contributed by atoms with Crippen molar-refractivity contribution in [3.8, 4) is 0 Å². The molecule has 1 rings (SSSR count). The van der Waals surface area contributed by atoms with Crippen LogP contribution in [0.15, 0.2) is 24.3 Å². The highest BCUT2D eigenvalue weighted by Crippen LogP contribution is 2.10. The molecule has 0 bridgehead atoms. The van der Waals surface area contributed by atoms with Crippen LogP contribution in [0.4, 0.5) is 0 Å². The number of carboxylic acids is 1. The molecule has 0 fully saturated rings. The molecule has 4 nitrogen and oxygen atoms in total. The van der Waals surface area contributed by atoms with Crippen LogP contribution >= 0.6 is 11.6 Å². The summed E-state index contributed by atoms with van der Waals surface area (Å²) in [5.41, 5.74) is 0.995. The number of nitrogens with one attached hydrogen (secondary N) is 1. The van der Waals surface area contributed by atoms with E-state index in [1.54, 1.807) is 6.07 Å². The van der Waals surface area contributed by atoms with Gasteiger partial charge in [0.1, 0.15) is 0 Å². The van der Waals surface area contributed by atoms with E-state index in [0.717, 1.165) is 5.56 Å². The molecule has 0 aromatic heterocycles. The van der Waals surface area contributed by atoms with Gasteiger partial charge in [-0.25, -0.2) is 0 Å². The highest BCUT2D eigenvalue weighted by atomic mass is 35.5. The molecule has 0 spiro atoms. The summed E-state index contributed by atoms with van der Waals surface area (Å²) in [4.78, 5) is 10.3. The fourth-order valence-corrected chi connectivity index (χ4v) is 1.52. The number of aliphatic hydroxyl groups excluding tert-OH is 1. The number of halogens is 1. The standard InChI is InChI=1S/C11H14ClNO3/c12-9-3-1-2-8(4-9)6-13-7-10(14)5-11(15)16/h1-4,10,13-14H,5-7H2,(H,15,16). The average Bonchev–Trinajstić information content (AvgIpc) is 2.16. The Morgan fingerprint density at radius 3 is 2.88 bits per heavy atom. The largest absolute Gasteiger partial charge is 0.481 e. The van der Waals surface area contributed by atoms with Crippen molar-refractivity contribution in [3.05, 3.63) is 34.9 Å². The number of rotatable bonds is 6. The zero-order valence-corrected chi connectivity index (χ0v) is 9.44. The first-order valence-electron chi connectivity index (χ1n) is 4.93. The van der Waals surface area contributed by atoms with Crippen LogP contribution < -0.4 is 5.32 Å². The molecule has 16 heavy (non-hydrogen) atoms. The van der Waals surface area contributed by atoms with Gasteiger partial charge in [-0.1, -0.05) is 23.7 Å². The van der Waals surface area contributed by atoms with Crippen molar-refractivity contribution in [1.29, 1.82) is 0 Å². The first-order chi connectivity index (χ1) is 7.58. The smallest absolute Gasteiger partial charge is 0.306 e. The van der Waals surface area contributed by atoms with E-state index < -0.39 is 12.1 Å². The number of aliphatic carboxylic acids is 1. The van der Waals surface area contributed by atoms with Gasteiger partial charge >= 0.3 is 5.97 Å². The van der Waals surface area contributed by atoms with Crippen molar-refractivity contribution >= 4 is 17.6 Å². The Morgan fingerprint density at radius 1 is 1.50 bits per heavy atom. The molecule has 1 aromatic carbocycles. The zero-order chi connectivity index (χ0) is 12.0. The van der Waals surface area contributed by atoms with E-state index in [9.17, 15) is 9.90 Å². The first kappa shape index (κ1) is 13.0. The SMILES string of the molecule is O=C(O)CC(O)CNCc1cccc(Cl)c1. The van der Waals surface area contributed by atoms with E-state index in [2.05, 4.69) is 5.32 Å². The maximum atomic E-state index is 10.3. The first-order valence-corrected chi connectivity index (χ1v) is 5.30. The number of hydrogen-bond donors (Lipinski definition) is 3. The number of benzene rings is 1. The predicted octanol–water partition coefficient (Wildman–Crippen LogP) is 1.27. The Morgan fingerprint density at radius 2 is 2.25 bits per heavy atom. The molecule has 1 aromatic rings. The Bertz CT molecular complexity index is 357. The fourth-order valence-electron chi connectivity index (χ4n) is 1.30. The Balaban J connectivity index is 2.27. The lowest BCUT2D eigenvalue weighted by molar-refractivity contribution is -0.139. The van der Waals surface area contributed by atoms with Gasteiger partial charge in [0.05, 0.1) is 12.5 Å². The van der Waals surface area contributed by atoms with Crippen molar-refractivity contribution in [2.75, 3.05) is 6.54 Å². The highest BCUT2D eigenvalue weighted by molar-refractivity contribution is 6.30. The third-order valence-corrected chi connectivity index (χ3v) is 2.24. The summed E-state index contributed by atoms with van der Waals surface area (Å²) >= 11 is 5.80. The summed E-state index contributed by atoms with van der Waals surface area (Å²) in [5.74, 6) is -1.00. The lowest BCUT2D eigenvalue weighted by Gasteiger charge is -2.09. The Labute approximate surface area is 98.9 Å². The van der Waals surface area contributed by atoms with Crippen LogP contribution in [-0.4, -0.2) is 28.8 Å². The predicted molar refractivity (Wildman–Crippen MR) is 61.4 cm³/mol. The molecule has 1 atom stereocenters. The molecule has 0 heterocycles. The maximum Gasteiger partial charge on any atom is 0.306 e. The van der Waals surface area contributed by atoms with Gasteiger partial charge in [0.25, 0.3) is 0 Å². The van der Waals surface area contributed by atoms with E-state index in [4.69, 9.17) is 16.7 Å². The Hall–Kier alpha value is -1.10. The van der Waals surface area contributed by atoms with E-state index in [1.165, 1.54) is 0 Å². The zero-order valence-electron chi connectivity index (χ0n) is 8.69. The van der Waals surface area contributed by atoms with Gasteiger partial charge in [0.15, 0.2) is 0 Å². The molecule has 3 N–H and O–H groups in total. The summed E-state index contributed by atoms with van der Waals surface area (Å²) in [5, 5.41) is 21.3. The molecule has 0 radical (unpaired) electrons. The molecule has 5 heteroatoms. The molecular weight excluding hydrogens is 230 g/mol. The fraction of sp³-hybridized carbons (Fsp3) is 0.364. The summed E-state index contributed by atoms with van der Waals surface area (Å²) in [7, 11) is 0. The molecule has 0 aliphatic rings. The summed E-state index contributed by atoms with van der Waals surface area (Å²) in [6.45, 7) is 0.802. The molecule has 0 aliphatic carbocycles. The Kier molecular flexibility index (Phi) is 5.25. The second-order valence-corrected chi connectivity index (χ2v) is 3.95. The van der Waals surface area contributed by atoms with Crippen molar-refractivity contribution in [1.82, 2.24) is 5.32 Å². The maximum absolute atomic E-state index is 10.3. The van der Waals surface area contributed by atoms with Crippen LogP contribution in [0.5, 0.6) is 0 Å². The lowest BCUT2D eigenvalue weighted by atomic mass is 10.2. The number of aliphatic hydroxyl groups is 1. The van der Waals surface area contributed by atoms with E-state index in [1.807, 2.05) is 18.2 Å². The topological polar surface area (TPSA) is 69.6 Å². The van der Waals surface area contributed by atoms with Crippen molar-refractivity contribution in [2.45, 2.75) is 19.1 Å². The van der Waals surface area contributed by atoms with Crippen LogP contribution in [0.1, 0.15) is 12.0 Å². The van der Waals surface area contributed by atoms with Gasteiger partial charge < -0.3 is 15.5 Å². The van der Waals surface area contributed by atoms with Gasteiger partial charge in [-0.15, -0.1) is 0 Å². The highest BCUT2D eigenvalue weighted by Gasteiger charge is 2.08. The summed E-state index contributed by atoms with van der Waals surface area (Å²) in [6.07, 6.45) is -1.11. The van der Waals surface area contributed by atoms with E-state index >= 15 is 0 Å². The number of carboxylic acid groups (broad SMARTS) is 1. The van der Waals surface area contributed by atoms with Crippen molar-refractivity contribution in [2.24, 2.45) is 0 Å². The second kappa shape index (κ2) is 6.48. The molecule has 0 amide bonds. The number of carbonyl (C=O) groups is 1. The lowest BCUT2D eigenvalue weighted by Crippen LogP contribution is -2.28. The third kappa shape index (κ3) is 5.11. The molecule has 88 valence electrons. The quantitative estimate of drug-likeness (QED) is 0.704. The molecule has 0 saturated heterocycles. The van der Waals surface area contributed by atoms with Crippen LogP contribution in [0.25, 0.3) is 0 Å². The van der Waals surface area contributed by atoms with Crippen molar-refractivity contribution < 1.29 is 15.0 Å². The van der Waals surface area contributed by atoms with Gasteiger partial charge in [0.2, 0.25) is 0 Å². The second-order valence-electron chi connectivity index (χ2n) is 3.51. The molecular formula is C11H14ClNO3. The van der Waals surface area contributed by atoms with Gasteiger partial charge in [-0.3, -0.25) is 4.79 Å². The van der Waals surface area contributed by atoms with Gasteiger partial charge in [-0.05, 0) is 17.7 Å². The molecule has 1 unspecified atom stereocenters. The minimum Gasteiger partial charge on any atom is -0.481 e. The minimum absolute atomic E-state index is 0.247. The summed E-state index contributed by atoms with van der Waals surface area (Å²) in [6, 6.07) is 7.35. The van der Waals surface area contributed by atoms with Crippen LogP contribution in [0, 0.1) is 0 Å². The molecule has 0 aliphatic heterocycles. The third-order valence-electron chi connectivity index (χ3n) is 2.01. The molecule has 0 saturated carbocycles. The van der Waals surface area contributed by atoms with Gasteiger partial charge in [0, 0.05) is 18.1 Å². The van der Waals surface area contributed by atoms with Crippen molar-refractivity contribution in [3.63, 3.8) is 0 Å². The van der Waals surface area contributed by atoms with Crippen LogP contribution in [-0.2, 0) is 11.3 Å². The minimum atomic E-state index is -1.00. The number of hydrogen-bond acceptors (Lipinski definition) is 3. The van der Waals surface area contributed by atoms with Crippen LogP contribution in [0.2, 0.25) is 5.02 Å².